The Morgan fingerprint density at radius 2 is 1.24 bits per heavy atom. The monoisotopic (exact) mass is 232 g/mol. The third-order valence-corrected chi connectivity index (χ3v) is 2.09. The fourth-order valence-electron chi connectivity index (χ4n) is 1.31. The van der Waals surface area contributed by atoms with E-state index in [4.69, 9.17) is 9.47 Å². The van der Waals surface area contributed by atoms with Gasteiger partial charge in [0.15, 0.2) is 0 Å². The first-order valence-corrected chi connectivity index (χ1v) is 5.08. The van der Waals surface area contributed by atoms with Crippen molar-refractivity contribution in [1.82, 2.24) is 0 Å². The van der Waals surface area contributed by atoms with Gasteiger partial charge < -0.3 is 19.7 Å². The summed E-state index contributed by atoms with van der Waals surface area (Å²) in [5.41, 5.74) is 0. The Balaban J connectivity index is 1.87. The minimum absolute atomic E-state index is 0.00685. The third kappa shape index (κ3) is 3.31. The summed E-state index contributed by atoms with van der Waals surface area (Å²) in [5, 5.41) is 18.4. The number of ether oxygens (including phenoxy) is 2. The number of hydrogen-bond donors (Lipinski definition) is 2. The van der Waals surface area contributed by atoms with E-state index in [9.17, 15) is 10.2 Å². The van der Waals surface area contributed by atoms with Crippen LogP contribution in [0.4, 0.5) is 0 Å². The van der Waals surface area contributed by atoms with Crippen molar-refractivity contribution in [3.05, 3.63) is 48.5 Å². The van der Waals surface area contributed by atoms with Crippen LogP contribution in [0, 0.1) is 0 Å². The first kappa shape index (κ1) is 11.1. The lowest BCUT2D eigenvalue weighted by Crippen LogP contribution is -2.05. The van der Waals surface area contributed by atoms with Gasteiger partial charge in [-0.15, -0.1) is 0 Å². The summed E-state index contributed by atoms with van der Waals surface area (Å²) in [6.07, 6.45) is 0. The van der Waals surface area contributed by atoms with Gasteiger partial charge >= 0.3 is 0 Å². The van der Waals surface area contributed by atoms with E-state index in [-0.39, 0.29) is 18.3 Å². The summed E-state index contributed by atoms with van der Waals surface area (Å²) >= 11 is 0. The van der Waals surface area contributed by atoms with Crippen molar-refractivity contribution in [2.45, 2.75) is 0 Å². The van der Waals surface area contributed by atoms with Crippen LogP contribution in [-0.4, -0.2) is 17.0 Å². The topological polar surface area (TPSA) is 58.9 Å². The number of phenolic OH excluding ortho intramolecular Hbond substituents is 2. The van der Waals surface area contributed by atoms with Crippen molar-refractivity contribution in [1.29, 1.82) is 0 Å². The quantitative estimate of drug-likeness (QED) is 0.795. The molecular formula is C13H12O4. The lowest BCUT2D eigenvalue weighted by molar-refractivity contribution is 0.119. The molecule has 0 saturated carbocycles. The molecule has 4 heteroatoms. The van der Waals surface area contributed by atoms with Crippen molar-refractivity contribution < 1.29 is 19.7 Å². The lowest BCUT2D eigenvalue weighted by Gasteiger charge is -2.08. The van der Waals surface area contributed by atoms with Crippen LogP contribution >= 0.6 is 0 Å². The third-order valence-electron chi connectivity index (χ3n) is 2.09. The molecule has 0 spiro atoms. The van der Waals surface area contributed by atoms with E-state index in [1.807, 2.05) is 0 Å². The summed E-state index contributed by atoms with van der Waals surface area (Å²) in [6.45, 7) is 0.00685. The molecule has 0 unspecified atom stereocenters. The molecule has 0 fully saturated rings. The zero-order valence-corrected chi connectivity index (χ0v) is 9.04. The Hall–Kier alpha value is -2.36. The van der Waals surface area contributed by atoms with Gasteiger partial charge in [-0.2, -0.15) is 0 Å². The largest absolute Gasteiger partial charge is 0.508 e. The predicted molar refractivity (Wildman–Crippen MR) is 62.3 cm³/mol. The maximum absolute atomic E-state index is 9.21. The molecule has 0 radical (unpaired) electrons. The molecule has 2 aromatic carbocycles. The summed E-state index contributed by atoms with van der Waals surface area (Å²) in [7, 11) is 0. The van der Waals surface area contributed by atoms with Gasteiger partial charge in [0, 0.05) is 12.1 Å². The van der Waals surface area contributed by atoms with E-state index in [0.29, 0.717) is 11.5 Å². The second-order valence-electron chi connectivity index (χ2n) is 3.40. The molecule has 2 aromatic rings. The van der Waals surface area contributed by atoms with Crippen LogP contribution in [0.5, 0.6) is 23.0 Å². The summed E-state index contributed by atoms with van der Waals surface area (Å²) < 4.78 is 10.5. The molecule has 0 aliphatic carbocycles. The van der Waals surface area contributed by atoms with Gasteiger partial charge in [0.1, 0.15) is 23.0 Å². The van der Waals surface area contributed by atoms with E-state index in [0.717, 1.165) is 0 Å². The van der Waals surface area contributed by atoms with E-state index in [1.54, 1.807) is 36.4 Å². The minimum atomic E-state index is 0.00685. The molecule has 0 saturated heterocycles. The Labute approximate surface area is 98.7 Å². The van der Waals surface area contributed by atoms with Crippen LogP contribution in [0.2, 0.25) is 0 Å². The van der Waals surface area contributed by atoms with E-state index in [2.05, 4.69) is 0 Å². The Morgan fingerprint density at radius 3 is 1.65 bits per heavy atom. The van der Waals surface area contributed by atoms with Gasteiger partial charge in [0.25, 0.3) is 0 Å². The SMILES string of the molecule is Oc1cccc(OCOc2cccc(O)c2)c1. The van der Waals surface area contributed by atoms with Crippen LogP contribution in [0.25, 0.3) is 0 Å². The van der Waals surface area contributed by atoms with Gasteiger partial charge in [-0.05, 0) is 24.3 Å². The Bertz CT molecular complexity index is 451. The van der Waals surface area contributed by atoms with Gasteiger partial charge in [-0.3, -0.25) is 0 Å². The zero-order chi connectivity index (χ0) is 12.1. The molecular weight excluding hydrogens is 220 g/mol. The average molecular weight is 232 g/mol. The average Bonchev–Trinajstić information content (AvgIpc) is 2.29. The normalized spacial score (nSPS) is 9.88. The highest BCUT2D eigenvalue weighted by molar-refractivity contribution is 5.32. The fourth-order valence-corrected chi connectivity index (χ4v) is 1.31. The molecule has 17 heavy (non-hydrogen) atoms. The maximum atomic E-state index is 9.21. The molecule has 0 aromatic heterocycles. The molecule has 4 nitrogen and oxygen atoms in total. The van der Waals surface area contributed by atoms with Crippen LogP contribution < -0.4 is 9.47 Å². The lowest BCUT2D eigenvalue weighted by atomic mass is 10.3. The highest BCUT2D eigenvalue weighted by Crippen LogP contribution is 2.20. The Morgan fingerprint density at radius 1 is 0.765 bits per heavy atom. The summed E-state index contributed by atoms with van der Waals surface area (Å²) in [4.78, 5) is 0. The number of hydrogen-bond acceptors (Lipinski definition) is 4. The number of rotatable bonds is 4. The molecule has 0 amide bonds. The minimum Gasteiger partial charge on any atom is -0.508 e. The second-order valence-corrected chi connectivity index (χ2v) is 3.40. The first-order chi connectivity index (χ1) is 8.24. The molecule has 0 atom stereocenters. The standard InChI is InChI=1S/C13H12O4/c14-10-3-1-5-12(7-10)16-9-17-13-6-2-4-11(15)8-13/h1-8,14-15H,9H2. The second kappa shape index (κ2) is 5.12. The molecule has 2 N–H and O–H groups in total. The molecule has 0 bridgehead atoms. The van der Waals surface area contributed by atoms with Gasteiger partial charge in [0.2, 0.25) is 6.79 Å². The molecule has 0 heterocycles. The molecule has 2 rings (SSSR count). The van der Waals surface area contributed by atoms with Crippen molar-refractivity contribution in [2.24, 2.45) is 0 Å². The van der Waals surface area contributed by atoms with Crippen LogP contribution in [0.15, 0.2) is 48.5 Å². The maximum Gasteiger partial charge on any atom is 0.230 e. The van der Waals surface area contributed by atoms with Crippen molar-refractivity contribution in [3.8, 4) is 23.0 Å². The van der Waals surface area contributed by atoms with Gasteiger partial charge in [0.05, 0.1) is 0 Å². The van der Waals surface area contributed by atoms with Crippen molar-refractivity contribution >= 4 is 0 Å². The number of benzene rings is 2. The number of aromatic hydroxyl groups is 2. The van der Waals surface area contributed by atoms with Crippen molar-refractivity contribution in [2.75, 3.05) is 6.79 Å². The first-order valence-electron chi connectivity index (χ1n) is 5.08. The van der Waals surface area contributed by atoms with Gasteiger partial charge in [-0.1, -0.05) is 12.1 Å². The van der Waals surface area contributed by atoms with E-state index in [1.165, 1.54) is 12.1 Å². The zero-order valence-electron chi connectivity index (χ0n) is 9.04. The summed E-state index contributed by atoms with van der Waals surface area (Å²) in [6, 6.07) is 12.9. The molecule has 0 aliphatic heterocycles. The van der Waals surface area contributed by atoms with E-state index < -0.39 is 0 Å². The Kier molecular flexibility index (Phi) is 3.35. The molecule has 88 valence electrons. The summed E-state index contributed by atoms with van der Waals surface area (Å²) in [5.74, 6) is 1.31. The smallest absolute Gasteiger partial charge is 0.230 e. The molecule has 0 aliphatic rings. The highest BCUT2D eigenvalue weighted by Gasteiger charge is 1.97. The number of phenols is 2. The van der Waals surface area contributed by atoms with Crippen LogP contribution in [0.3, 0.4) is 0 Å². The van der Waals surface area contributed by atoms with Crippen LogP contribution in [0.1, 0.15) is 0 Å². The van der Waals surface area contributed by atoms with Gasteiger partial charge in [-0.25, -0.2) is 0 Å². The highest BCUT2D eigenvalue weighted by atomic mass is 16.7. The van der Waals surface area contributed by atoms with Crippen LogP contribution in [-0.2, 0) is 0 Å². The fraction of sp³-hybridized carbons (Fsp3) is 0.0769. The van der Waals surface area contributed by atoms with Crippen molar-refractivity contribution in [3.63, 3.8) is 0 Å². The van der Waals surface area contributed by atoms with E-state index >= 15 is 0 Å². The predicted octanol–water partition coefficient (Wildman–Crippen LogP) is 2.51.